The summed E-state index contributed by atoms with van der Waals surface area (Å²) >= 11 is 1.88. The van der Waals surface area contributed by atoms with E-state index in [1.807, 2.05) is 30.0 Å². The molecule has 22 heavy (non-hydrogen) atoms. The molecule has 0 radical (unpaired) electrons. The van der Waals surface area contributed by atoms with Crippen LogP contribution in [0.15, 0.2) is 66.0 Å². The van der Waals surface area contributed by atoms with E-state index in [1.54, 1.807) is 0 Å². The van der Waals surface area contributed by atoms with Crippen molar-refractivity contribution < 1.29 is 8.96 Å². The second kappa shape index (κ2) is 5.61. The van der Waals surface area contributed by atoms with Crippen molar-refractivity contribution in [3.8, 4) is 16.9 Å². The third-order valence-electron chi connectivity index (χ3n) is 3.91. The molecule has 0 atom stereocenters. The average molecular weight is 311 g/mol. The van der Waals surface area contributed by atoms with Crippen LogP contribution in [0.2, 0.25) is 0 Å². The monoisotopic (exact) mass is 311 g/mol. The molecule has 4 rings (SSSR count). The molecule has 0 N–H and O–H groups in total. The maximum Gasteiger partial charge on any atom is 0.323 e. The maximum absolute atomic E-state index is 13.2. The molecule has 3 aromatic rings. The summed E-state index contributed by atoms with van der Waals surface area (Å²) in [5, 5.41) is 1.25. The number of nitrogens with zero attached hydrogens (tertiary/aromatic N) is 2. The van der Waals surface area contributed by atoms with Gasteiger partial charge in [0.15, 0.2) is 5.69 Å². The number of thioether (sulfide) groups is 1. The fourth-order valence-electron chi connectivity index (χ4n) is 2.85. The van der Waals surface area contributed by atoms with E-state index in [0.29, 0.717) is 0 Å². The highest BCUT2D eigenvalue weighted by Crippen LogP contribution is 2.28. The van der Waals surface area contributed by atoms with Crippen molar-refractivity contribution in [1.82, 2.24) is 4.57 Å². The Bertz CT molecular complexity index is 794. The number of fused-ring (bicyclic) bond motifs is 1. The molecule has 0 saturated carbocycles. The minimum Gasteiger partial charge on any atom is -0.217 e. The van der Waals surface area contributed by atoms with Crippen molar-refractivity contribution in [3.63, 3.8) is 0 Å². The quantitative estimate of drug-likeness (QED) is 0.648. The normalized spacial score (nSPS) is 13.9. The van der Waals surface area contributed by atoms with Gasteiger partial charge in [-0.15, -0.1) is 0 Å². The second-order valence-corrected chi connectivity index (χ2v) is 6.43. The molecular formula is C18H16FN2S+. The molecule has 1 aliphatic rings. The molecule has 2 nitrogen and oxygen atoms in total. The van der Waals surface area contributed by atoms with Gasteiger partial charge in [-0.05, 0) is 54.6 Å². The van der Waals surface area contributed by atoms with Crippen LogP contribution < -0.4 is 4.57 Å². The van der Waals surface area contributed by atoms with Crippen LogP contribution in [0.1, 0.15) is 6.42 Å². The van der Waals surface area contributed by atoms with E-state index in [2.05, 4.69) is 39.6 Å². The number of aromatic nitrogens is 2. The minimum atomic E-state index is -0.195. The predicted octanol–water partition coefficient (Wildman–Crippen LogP) is 4.07. The van der Waals surface area contributed by atoms with Gasteiger partial charge in [0, 0.05) is 11.3 Å². The molecule has 1 aromatic heterocycles. The Labute approximate surface area is 133 Å². The molecule has 0 bridgehead atoms. The molecule has 2 heterocycles. The van der Waals surface area contributed by atoms with Gasteiger partial charge in [-0.25, -0.2) is 8.96 Å². The van der Waals surface area contributed by atoms with E-state index in [0.717, 1.165) is 35.7 Å². The smallest absolute Gasteiger partial charge is 0.217 e. The van der Waals surface area contributed by atoms with E-state index in [1.165, 1.54) is 17.3 Å². The highest BCUT2D eigenvalue weighted by molar-refractivity contribution is 7.99. The van der Waals surface area contributed by atoms with Crippen LogP contribution in [0.3, 0.4) is 0 Å². The van der Waals surface area contributed by atoms with Crippen molar-refractivity contribution in [2.24, 2.45) is 0 Å². The largest absolute Gasteiger partial charge is 0.323 e. The van der Waals surface area contributed by atoms with Crippen LogP contribution in [0.4, 0.5) is 4.39 Å². The Morgan fingerprint density at radius 1 is 1.00 bits per heavy atom. The number of halogens is 1. The summed E-state index contributed by atoms with van der Waals surface area (Å²) < 4.78 is 17.8. The van der Waals surface area contributed by atoms with E-state index in [4.69, 9.17) is 0 Å². The number of benzene rings is 2. The Kier molecular flexibility index (Phi) is 3.47. The maximum atomic E-state index is 13.2. The molecule has 0 spiro atoms. The highest BCUT2D eigenvalue weighted by Gasteiger charge is 2.28. The minimum absolute atomic E-state index is 0.195. The first-order chi connectivity index (χ1) is 10.8. The van der Waals surface area contributed by atoms with Gasteiger partial charge in [0.25, 0.3) is 0 Å². The van der Waals surface area contributed by atoms with Gasteiger partial charge in [-0.1, -0.05) is 18.2 Å². The lowest BCUT2D eigenvalue weighted by atomic mass is 10.1. The summed E-state index contributed by atoms with van der Waals surface area (Å²) in [6.45, 7) is 1.01. The Hall–Kier alpha value is -2.07. The lowest BCUT2D eigenvalue weighted by Gasteiger charge is -2.10. The molecule has 110 valence electrons. The first-order valence-corrected chi connectivity index (χ1v) is 8.41. The standard InChI is InChI=1S/C18H16FN2S/c19-15-9-7-14(8-10-15)17-13-21(16-5-2-1-3-6-16)18-20(17)11-4-12-22-18/h1-3,5-10,13H,4,11-12H2/q+1. The summed E-state index contributed by atoms with van der Waals surface area (Å²) in [5.41, 5.74) is 3.36. The van der Waals surface area contributed by atoms with E-state index in [-0.39, 0.29) is 5.82 Å². The summed E-state index contributed by atoms with van der Waals surface area (Å²) in [7, 11) is 0. The molecule has 0 unspecified atom stereocenters. The fourth-order valence-corrected chi connectivity index (χ4v) is 3.95. The molecule has 0 saturated heterocycles. The van der Waals surface area contributed by atoms with Gasteiger partial charge in [0.05, 0.1) is 6.54 Å². The number of para-hydroxylation sites is 1. The van der Waals surface area contributed by atoms with Crippen molar-refractivity contribution >= 4 is 11.8 Å². The van der Waals surface area contributed by atoms with E-state index >= 15 is 0 Å². The topological polar surface area (TPSA) is 8.81 Å². The third-order valence-corrected chi connectivity index (χ3v) is 5.08. The van der Waals surface area contributed by atoms with Crippen LogP contribution in [0.25, 0.3) is 16.9 Å². The average Bonchev–Trinajstić information content (AvgIpc) is 2.96. The number of rotatable bonds is 2. The molecule has 0 amide bonds. The number of hydrogen-bond donors (Lipinski definition) is 0. The number of hydrogen-bond acceptors (Lipinski definition) is 1. The van der Waals surface area contributed by atoms with Crippen molar-refractivity contribution in [1.29, 1.82) is 0 Å². The predicted molar refractivity (Wildman–Crippen MR) is 86.7 cm³/mol. The van der Waals surface area contributed by atoms with E-state index in [9.17, 15) is 4.39 Å². The fraction of sp³-hybridized carbons (Fsp3) is 0.167. The van der Waals surface area contributed by atoms with Crippen LogP contribution in [0.5, 0.6) is 0 Å². The molecule has 4 heteroatoms. The summed E-state index contributed by atoms with van der Waals surface area (Å²) in [6.07, 6.45) is 3.32. The lowest BCUT2D eigenvalue weighted by Crippen LogP contribution is -2.40. The van der Waals surface area contributed by atoms with Gasteiger partial charge in [-0.3, -0.25) is 0 Å². The second-order valence-electron chi connectivity index (χ2n) is 5.36. The van der Waals surface area contributed by atoms with Gasteiger partial charge >= 0.3 is 5.16 Å². The zero-order valence-corrected chi connectivity index (χ0v) is 12.9. The Morgan fingerprint density at radius 3 is 2.55 bits per heavy atom. The van der Waals surface area contributed by atoms with Gasteiger partial charge in [-0.2, -0.15) is 4.57 Å². The van der Waals surface area contributed by atoms with Crippen molar-refractivity contribution in [2.45, 2.75) is 18.1 Å². The summed E-state index contributed by atoms with van der Waals surface area (Å²) in [4.78, 5) is 0. The van der Waals surface area contributed by atoms with Crippen LogP contribution in [-0.4, -0.2) is 10.3 Å². The zero-order valence-electron chi connectivity index (χ0n) is 12.1. The lowest BCUT2D eigenvalue weighted by molar-refractivity contribution is -0.724. The Morgan fingerprint density at radius 2 is 1.77 bits per heavy atom. The van der Waals surface area contributed by atoms with Crippen LogP contribution >= 0.6 is 11.8 Å². The Balaban J connectivity index is 1.89. The molecule has 0 aliphatic carbocycles. The summed E-state index contributed by atoms with van der Waals surface area (Å²) in [6, 6.07) is 17.1. The van der Waals surface area contributed by atoms with E-state index < -0.39 is 0 Å². The first-order valence-electron chi connectivity index (χ1n) is 7.42. The van der Waals surface area contributed by atoms with Crippen molar-refractivity contribution in [3.05, 3.63) is 66.6 Å². The highest BCUT2D eigenvalue weighted by atomic mass is 32.2. The van der Waals surface area contributed by atoms with Gasteiger partial charge in [0.1, 0.15) is 17.7 Å². The molecule has 1 aliphatic heterocycles. The summed E-state index contributed by atoms with van der Waals surface area (Å²) in [5.74, 6) is 0.944. The zero-order chi connectivity index (χ0) is 14.9. The first kappa shape index (κ1) is 13.6. The van der Waals surface area contributed by atoms with Crippen LogP contribution in [-0.2, 0) is 6.54 Å². The van der Waals surface area contributed by atoms with Crippen molar-refractivity contribution in [2.75, 3.05) is 5.75 Å². The molecule has 0 fully saturated rings. The van der Waals surface area contributed by atoms with Gasteiger partial charge in [0.2, 0.25) is 0 Å². The third kappa shape index (κ3) is 2.33. The molecular weight excluding hydrogens is 295 g/mol. The van der Waals surface area contributed by atoms with Gasteiger partial charge < -0.3 is 0 Å². The SMILES string of the molecule is Fc1ccc(-c2cn(-c3ccccc3)c3[n+]2CCCS3)cc1. The molecule has 2 aromatic carbocycles. The van der Waals surface area contributed by atoms with Crippen LogP contribution in [0, 0.1) is 5.82 Å². The number of imidazole rings is 1.